The zero-order chi connectivity index (χ0) is 28.5. The Balaban J connectivity index is 1.48. The number of halogens is 2. The number of thiophene rings is 1. The fraction of sp³-hybridized carbons (Fsp3) is 0.222. The fourth-order valence-electron chi connectivity index (χ4n) is 4.80. The van der Waals surface area contributed by atoms with E-state index in [1.54, 1.807) is 23.8 Å². The number of carbonyl (C=O) groups is 2. The van der Waals surface area contributed by atoms with E-state index in [1.165, 1.54) is 40.8 Å². The van der Waals surface area contributed by atoms with E-state index in [0.29, 0.717) is 15.7 Å². The highest BCUT2D eigenvalue weighted by Crippen LogP contribution is 2.45. The molecule has 0 radical (unpaired) electrons. The summed E-state index contributed by atoms with van der Waals surface area (Å²) in [4.78, 5) is 32.3. The Hall–Kier alpha value is -3.22. The maximum Gasteiger partial charge on any atom is 0.255 e. The van der Waals surface area contributed by atoms with Crippen molar-refractivity contribution in [3.63, 3.8) is 0 Å². The third kappa shape index (κ3) is 5.39. The van der Waals surface area contributed by atoms with Crippen LogP contribution < -0.4 is 5.48 Å². The lowest BCUT2D eigenvalue weighted by Crippen LogP contribution is -2.41. The molecule has 13 heteroatoms. The number of sulfone groups is 1. The van der Waals surface area contributed by atoms with Gasteiger partial charge in [-0.2, -0.15) is 0 Å². The third-order valence-corrected chi connectivity index (χ3v) is 11.5. The van der Waals surface area contributed by atoms with Gasteiger partial charge in [0, 0.05) is 33.4 Å². The zero-order valence-electron chi connectivity index (χ0n) is 20.8. The van der Waals surface area contributed by atoms with Gasteiger partial charge in [-0.25, -0.2) is 18.9 Å². The third-order valence-electron chi connectivity index (χ3n) is 6.97. The molecule has 208 valence electrons. The van der Waals surface area contributed by atoms with Crippen LogP contribution in [0.25, 0.3) is 21.8 Å². The second-order valence-corrected chi connectivity index (χ2v) is 13.6. The molecule has 0 spiro atoms. The lowest BCUT2D eigenvalue weighted by molar-refractivity contribution is -0.129. The molecule has 2 amide bonds. The van der Waals surface area contributed by atoms with Gasteiger partial charge in [0.05, 0.1) is 29.0 Å². The molecule has 9 nitrogen and oxygen atoms in total. The molecule has 40 heavy (non-hydrogen) atoms. The van der Waals surface area contributed by atoms with Crippen molar-refractivity contribution in [2.75, 3.05) is 18.8 Å². The highest BCUT2D eigenvalue weighted by Gasteiger charge is 2.50. The summed E-state index contributed by atoms with van der Waals surface area (Å²) in [5, 5.41) is 9.83. The van der Waals surface area contributed by atoms with E-state index in [-0.39, 0.29) is 35.8 Å². The van der Waals surface area contributed by atoms with Crippen LogP contribution in [0, 0.1) is 0 Å². The summed E-state index contributed by atoms with van der Waals surface area (Å²) in [5.41, 5.74) is 3.46. The monoisotopic (exact) mass is 619 g/mol. The largest absolute Gasteiger partial charge is 0.444 e. The second-order valence-electron chi connectivity index (χ2n) is 9.30. The van der Waals surface area contributed by atoms with Gasteiger partial charge < -0.3 is 9.32 Å². The van der Waals surface area contributed by atoms with Crippen molar-refractivity contribution in [3.05, 3.63) is 87.7 Å². The molecule has 1 atom stereocenters. The number of oxazole rings is 1. The lowest BCUT2D eigenvalue weighted by Gasteiger charge is -2.30. The van der Waals surface area contributed by atoms with Gasteiger partial charge in [0.15, 0.2) is 22.0 Å². The maximum absolute atomic E-state index is 13.9. The van der Waals surface area contributed by atoms with Gasteiger partial charge in [-0.05, 0) is 42.3 Å². The minimum absolute atomic E-state index is 0.0504. The smallest absolute Gasteiger partial charge is 0.255 e. The van der Waals surface area contributed by atoms with Crippen LogP contribution >= 0.6 is 34.5 Å². The number of hydroxylamine groups is 1. The Morgan fingerprint density at radius 3 is 2.50 bits per heavy atom. The number of aromatic nitrogens is 1. The van der Waals surface area contributed by atoms with Gasteiger partial charge >= 0.3 is 0 Å². The van der Waals surface area contributed by atoms with Crippen LogP contribution in [0.4, 0.5) is 0 Å². The first kappa shape index (κ1) is 28.3. The summed E-state index contributed by atoms with van der Waals surface area (Å²) in [6, 6.07) is 15.5. The first-order valence-corrected chi connectivity index (χ1v) is 15.4. The van der Waals surface area contributed by atoms with Crippen molar-refractivity contribution in [2.45, 2.75) is 17.6 Å². The number of hydrogen-bond acceptors (Lipinski definition) is 8. The Bertz CT molecular complexity index is 1660. The summed E-state index contributed by atoms with van der Waals surface area (Å²) >= 11 is 13.5. The molecule has 1 fully saturated rings. The molecule has 1 aliphatic heterocycles. The highest BCUT2D eigenvalue weighted by atomic mass is 35.5. The number of rotatable bonds is 6. The second kappa shape index (κ2) is 11.3. The molecule has 2 aromatic heterocycles. The number of nitrogens with one attached hydrogen (secondary N) is 1. The summed E-state index contributed by atoms with van der Waals surface area (Å²) in [6.45, 7) is -0.0290. The van der Waals surface area contributed by atoms with E-state index in [0.717, 1.165) is 16.0 Å². The van der Waals surface area contributed by atoms with Gasteiger partial charge in [0.25, 0.3) is 5.91 Å². The predicted molar refractivity (Wildman–Crippen MR) is 152 cm³/mol. The molecule has 1 aliphatic rings. The average molecular weight is 621 g/mol. The van der Waals surface area contributed by atoms with Crippen LogP contribution in [-0.4, -0.2) is 54.2 Å². The van der Waals surface area contributed by atoms with Gasteiger partial charge in [-0.1, -0.05) is 47.5 Å². The van der Waals surface area contributed by atoms with Crippen LogP contribution in [0.5, 0.6) is 0 Å². The molecule has 1 saturated heterocycles. The minimum atomic E-state index is -3.98. The van der Waals surface area contributed by atoms with Crippen molar-refractivity contribution in [3.8, 4) is 21.8 Å². The number of amides is 2. The molecule has 1 unspecified atom stereocenters. The molecule has 2 N–H and O–H groups in total. The van der Waals surface area contributed by atoms with Crippen LogP contribution in [0.15, 0.2) is 71.6 Å². The SMILES string of the molecule is O=C(CC1(c2ccc(-c3ccc(-c4cnco4)cc3)s2)CCN(C(=O)c2ccc(Cl)cc2Cl)CCS1(=O)=O)NO. The Labute approximate surface area is 244 Å². The number of hydrogen-bond donors (Lipinski definition) is 2. The summed E-state index contributed by atoms with van der Waals surface area (Å²) in [5.74, 6) is -1.02. The Morgan fingerprint density at radius 1 is 1.07 bits per heavy atom. The molecular formula is C27H23Cl2N3O6S2. The zero-order valence-corrected chi connectivity index (χ0v) is 24.0. The van der Waals surface area contributed by atoms with Crippen molar-refractivity contribution in [2.24, 2.45) is 0 Å². The molecule has 0 aliphatic carbocycles. The number of carbonyl (C=O) groups excluding carboxylic acids is 2. The molecular weight excluding hydrogens is 597 g/mol. The summed E-state index contributed by atoms with van der Waals surface area (Å²) in [6.07, 6.45) is 2.41. The fourth-order valence-corrected chi connectivity index (χ4v) is 8.90. The van der Waals surface area contributed by atoms with E-state index in [9.17, 15) is 23.2 Å². The topological polar surface area (TPSA) is 130 Å². The Kier molecular flexibility index (Phi) is 8.03. The average Bonchev–Trinajstić information content (AvgIpc) is 3.63. The predicted octanol–water partition coefficient (Wildman–Crippen LogP) is 5.43. The lowest BCUT2D eigenvalue weighted by atomic mass is 9.97. The molecule has 0 bridgehead atoms. The number of benzene rings is 2. The number of nitrogens with zero attached hydrogens (tertiary/aromatic N) is 2. The summed E-state index contributed by atoms with van der Waals surface area (Å²) < 4.78 is 31.4. The van der Waals surface area contributed by atoms with E-state index >= 15 is 0 Å². The molecule has 0 saturated carbocycles. The van der Waals surface area contributed by atoms with Crippen LogP contribution in [-0.2, 0) is 19.4 Å². The van der Waals surface area contributed by atoms with Crippen molar-refractivity contribution < 1.29 is 27.6 Å². The van der Waals surface area contributed by atoms with E-state index < -0.39 is 32.8 Å². The first-order valence-electron chi connectivity index (χ1n) is 12.1. The highest BCUT2D eigenvalue weighted by molar-refractivity contribution is 7.92. The van der Waals surface area contributed by atoms with Crippen LogP contribution in [0.2, 0.25) is 10.0 Å². The standard InChI is InChI=1S/C27H23Cl2N3O6S2/c28-19-5-6-20(21(29)13-19)26(34)32-10-9-27(14-25(33)31-35,40(36,37)12-11-32)24-8-7-23(39-24)18-3-1-17(2-4-18)22-15-30-16-38-22/h1-8,13,15-16,35H,9-12,14H2,(H,31,33). The van der Waals surface area contributed by atoms with Gasteiger partial charge in [0.2, 0.25) is 5.91 Å². The van der Waals surface area contributed by atoms with Crippen molar-refractivity contribution >= 4 is 56.2 Å². The van der Waals surface area contributed by atoms with Crippen LogP contribution in [0.1, 0.15) is 28.1 Å². The van der Waals surface area contributed by atoms with Gasteiger partial charge in [-0.3, -0.25) is 14.8 Å². The van der Waals surface area contributed by atoms with Crippen molar-refractivity contribution in [1.82, 2.24) is 15.4 Å². The minimum Gasteiger partial charge on any atom is -0.444 e. The Morgan fingerprint density at radius 2 is 1.82 bits per heavy atom. The molecule has 4 aromatic rings. The first-order chi connectivity index (χ1) is 19.1. The summed E-state index contributed by atoms with van der Waals surface area (Å²) in [7, 11) is -3.98. The molecule has 2 aromatic carbocycles. The van der Waals surface area contributed by atoms with Gasteiger partial charge in [0.1, 0.15) is 4.75 Å². The van der Waals surface area contributed by atoms with Crippen LogP contribution in [0.3, 0.4) is 0 Å². The van der Waals surface area contributed by atoms with E-state index in [2.05, 4.69) is 4.98 Å². The van der Waals surface area contributed by atoms with Crippen molar-refractivity contribution in [1.29, 1.82) is 0 Å². The van der Waals surface area contributed by atoms with Gasteiger partial charge in [-0.15, -0.1) is 11.3 Å². The van der Waals surface area contributed by atoms with E-state index in [1.807, 2.05) is 24.3 Å². The quantitative estimate of drug-likeness (QED) is 0.217. The maximum atomic E-state index is 13.9. The molecule has 5 rings (SSSR count). The van der Waals surface area contributed by atoms with E-state index in [4.69, 9.17) is 27.6 Å². The normalized spacial score (nSPS) is 18.7. The molecule has 3 heterocycles.